The molecular weight excluding hydrogens is 315 g/mol. The van der Waals surface area contributed by atoms with E-state index in [1.807, 2.05) is 0 Å². The third-order valence-electron chi connectivity index (χ3n) is 3.11. The molecule has 7 heteroatoms. The molecule has 0 radical (unpaired) electrons. The second kappa shape index (κ2) is 7.87. The predicted molar refractivity (Wildman–Crippen MR) is 85.1 cm³/mol. The molecule has 0 spiro atoms. The molecule has 2 N–H and O–H groups in total. The van der Waals surface area contributed by atoms with E-state index >= 15 is 0 Å². The molecule has 124 valence electrons. The highest BCUT2D eigenvalue weighted by Gasteiger charge is 2.09. The van der Waals surface area contributed by atoms with Crippen LogP contribution in [0.2, 0.25) is 0 Å². The lowest BCUT2D eigenvalue weighted by atomic mass is 10.2. The molecule has 0 aliphatic carbocycles. The van der Waals surface area contributed by atoms with Crippen molar-refractivity contribution in [3.05, 3.63) is 65.5 Å². The van der Waals surface area contributed by atoms with E-state index in [1.165, 1.54) is 31.4 Å². The highest BCUT2D eigenvalue weighted by Crippen LogP contribution is 2.10. The number of ether oxygens (including phenoxy) is 1. The van der Waals surface area contributed by atoms with E-state index in [4.69, 9.17) is 0 Å². The van der Waals surface area contributed by atoms with E-state index in [9.17, 15) is 18.8 Å². The summed E-state index contributed by atoms with van der Waals surface area (Å²) in [6, 6.07) is 11.1. The zero-order chi connectivity index (χ0) is 17.5. The molecule has 0 saturated heterocycles. The molecule has 0 aromatic heterocycles. The Morgan fingerprint density at radius 3 is 2.12 bits per heavy atom. The summed E-state index contributed by atoms with van der Waals surface area (Å²) < 4.78 is 17.4. The minimum atomic E-state index is -0.480. The second-order valence-electron chi connectivity index (χ2n) is 4.81. The summed E-state index contributed by atoms with van der Waals surface area (Å²) in [6.45, 7) is -0.241. The molecular formula is C17H15FN2O4. The largest absolute Gasteiger partial charge is 0.465 e. The fourth-order valence-electron chi connectivity index (χ4n) is 1.88. The molecule has 0 fully saturated rings. The molecule has 0 bridgehead atoms. The monoisotopic (exact) mass is 330 g/mol. The van der Waals surface area contributed by atoms with Crippen molar-refractivity contribution in [1.82, 2.24) is 5.32 Å². The van der Waals surface area contributed by atoms with Gasteiger partial charge in [0.25, 0.3) is 5.91 Å². The Hall–Kier alpha value is -3.22. The number of methoxy groups -OCH3 is 1. The van der Waals surface area contributed by atoms with Gasteiger partial charge in [-0.25, -0.2) is 9.18 Å². The van der Waals surface area contributed by atoms with Crippen LogP contribution in [0.3, 0.4) is 0 Å². The molecule has 2 aromatic rings. The number of amides is 2. The van der Waals surface area contributed by atoms with E-state index in [1.54, 1.807) is 12.1 Å². The maximum atomic E-state index is 12.8. The van der Waals surface area contributed by atoms with Crippen LogP contribution in [-0.4, -0.2) is 31.4 Å². The van der Waals surface area contributed by atoms with Crippen LogP contribution >= 0.6 is 0 Å². The first-order valence-electron chi connectivity index (χ1n) is 7.01. The first-order chi connectivity index (χ1) is 11.5. The van der Waals surface area contributed by atoms with Crippen LogP contribution in [0.4, 0.5) is 10.1 Å². The molecule has 0 saturated carbocycles. The van der Waals surface area contributed by atoms with Crippen LogP contribution in [0.25, 0.3) is 0 Å². The van der Waals surface area contributed by atoms with Gasteiger partial charge in [0.15, 0.2) is 0 Å². The van der Waals surface area contributed by atoms with Gasteiger partial charge in [0.2, 0.25) is 5.91 Å². The van der Waals surface area contributed by atoms with Crippen LogP contribution in [0.15, 0.2) is 48.5 Å². The van der Waals surface area contributed by atoms with E-state index < -0.39 is 23.6 Å². The van der Waals surface area contributed by atoms with Crippen molar-refractivity contribution in [2.24, 2.45) is 0 Å². The molecule has 0 atom stereocenters. The lowest BCUT2D eigenvalue weighted by Gasteiger charge is -2.07. The zero-order valence-corrected chi connectivity index (χ0v) is 12.8. The number of rotatable bonds is 5. The molecule has 24 heavy (non-hydrogen) atoms. The first kappa shape index (κ1) is 17.1. The van der Waals surface area contributed by atoms with Gasteiger partial charge in [0.05, 0.1) is 19.2 Å². The molecule has 2 aromatic carbocycles. The summed E-state index contributed by atoms with van der Waals surface area (Å²) in [5, 5.41) is 5.01. The Bertz CT molecular complexity index is 742. The summed E-state index contributed by atoms with van der Waals surface area (Å²) in [6.07, 6.45) is 0. The molecule has 0 heterocycles. The first-order valence-corrected chi connectivity index (χ1v) is 7.01. The highest BCUT2D eigenvalue weighted by molar-refractivity contribution is 5.99. The maximum Gasteiger partial charge on any atom is 0.337 e. The van der Waals surface area contributed by atoms with Gasteiger partial charge in [-0.3, -0.25) is 9.59 Å². The minimum absolute atomic E-state index is 0.241. The van der Waals surface area contributed by atoms with Crippen LogP contribution in [-0.2, 0) is 9.53 Å². The fourth-order valence-corrected chi connectivity index (χ4v) is 1.88. The Morgan fingerprint density at radius 2 is 1.54 bits per heavy atom. The third-order valence-corrected chi connectivity index (χ3v) is 3.11. The van der Waals surface area contributed by atoms with Crippen LogP contribution in [0.1, 0.15) is 20.7 Å². The van der Waals surface area contributed by atoms with Crippen molar-refractivity contribution in [2.45, 2.75) is 0 Å². The Balaban J connectivity index is 1.85. The van der Waals surface area contributed by atoms with Crippen molar-refractivity contribution in [2.75, 3.05) is 19.0 Å². The van der Waals surface area contributed by atoms with Gasteiger partial charge >= 0.3 is 5.97 Å². The van der Waals surface area contributed by atoms with Crippen molar-refractivity contribution < 1.29 is 23.5 Å². The van der Waals surface area contributed by atoms with Crippen molar-refractivity contribution in [3.63, 3.8) is 0 Å². The summed E-state index contributed by atoms with van der Waals surface area (Å²) in [5.41, 5.74) is 1.09. The van der Waals surface area contributed by atoms with Crippen LogP contribution in [0.5, 0.6) is 0 Å². The average Bonchev–Trinajstić information content (AvgIpc) is 2.60. The number of benzene rings is 2. The fraction of sp³-hybridized carbons (Fsp3) is 0.118. The van der Waals surface area contributed by atoms with E-state index in [2.05, 4.69) is 15.4 Å². The number of hydrogen-bond donors (Lipinski definition) is 2. The standard InChI is InChI=1S/C17H15FN2O4/c1-24-17(23)12-4-8-14(9-5-12)20-15(21)10-19-16(22)11-2-6-13(18)7-3-11/h2-9H,10H2,1H3,(H,19,22)(H,20,21). The van der Waals surface area contributed by atoms with Crippen LogP contribution in [0, 0.1) is 5.82 Å². The van der Waals surface area contributed by atoms with Gasteiger partial charge in [-0.1, -0.05) is 0 Å². The topological polar surface area (TPSA) is 84.5 Å². The third kappa shape index (κ3) is 4.64. The Labute approximate surface area is 137 Å². The number of halogens is 1. The van der Waals surface area contributed by atoms with Gasteiger partial charge in [-0.05, 0) is 48.5 Å². The van der Waals surface area contributed by atoms with E-state index in [-0.39, 0.29) is 12.1 Å². The lowest BCUT2D eigenvalue weighted by molar-refractivity contribution is -0.115. The summed E-state index contributed by atoms with van der Waals surface area (Å²) in [5.74, 6) is -1.83. The maximum absolute atomic E-state index is 12.8. The smallest absolute Gasteiger partial charge is 0.337 e. The quantitative estimate of drug-likeness (QED) is 0.821. The Kier molecular flexibility index (Phi) is 5.62. The molecule has 6 nitrogen and oxygen atoms in total. The van der Waals surface area contributed by atoms with E-state index in [0.717, 1.165) is 12.1 Å². The van der Waals surface area contributed by atoms with Gasteiger partial charge in [0.1, 0.15) is 5.82 Å². The highest BCUT2D eigenvalue weighted by atomic mass is 19.1. The van der Waals surface area contributed by atoms with Gasteiger partial charge in [-0.2, -0.15) is 0 Å². The minimum Gasteiger partial charge on any atom is -0.465 e. The molecule has 0 aliphatic rings. The number of esters is 1. The summed E-state index contributed by atoms with van der Waals surface area (Å²) in [4.78, 5) is 34.9. The zero-order valence-electron chi connectivity index (χ0n) is 12.8. The normalized spacial score (nSPS) is 9.92. The SMILES string of the molecule is COC(=O)c1ccc(NC(=O)CNC(=O)c2ccc(F)cc2)cc1. The number of anilines is 1. The number of carbonyl (C=O) groups is 3. The number of carbonyl (C=O) groups excluding carboxylic acids is 3. The Morgan fingerprint density at radius 1 is 0.958 bits per heavy atom. The molecule has 2 amide bonds. The molecule has 0 aliphatic heterocycles. The van der Waals surface area contributed by atoms with Crippen molar-refractivity contribution in [1.29, 1.82) is 0 Å². The van der Waals surface area contributed by atoms with Crippen molar-refractivity contribution in [3.8, 4) is 0 Å². The van der Waals surface area contributed by atoms with Gasteiger partial charge in [-0.15, -0.1) is 0 Å². The molecule has 2 rings (SSSR count). The van der Waals surface area contributed by atoms with Gasteiger partial charge < -0.3 is 15.4 Å². The van der Waals surface area contributed by atoms with Crippen molar-refractivity contribution >= 4 is 23.5 Å². The average molecular weight is 330 g/mol. The second-order valence-corrected chi connectivity index (χ2v) is 4.81. The lowest BCUT2D eigenvalue weighted by Crippen LogP contribution is -2.32. The van der Waals surface area contributed by atoms with Crippen LogP contribution < -0.4 is 10.6 Å². The van der Waals surface area contributed by atoms with Gasteiger partial charge in [0, 0.05) is 11.3 Å². The number of nitrogens with one attached hydrogen (secondary N) is 2. The summed E-state index contributed by atoms with van der Waals surface area (Å²) in [7, 11) is 1.28. The summed E-state index contributed by atoms with van der Waals surface area (Å²) >= 11 is 0. The molecule has 0 unspecified atom stereocenters. The number of hydrogen-bond acceptors (Lipinski definition) is 4. The van der Waals surface area contributed by atoms with E-state index in [0.29, 0.717) is 11.3 Å². The predicted octanol–water partition coefficient (Wildman–Crippen LogP) is 1.98.